The summed E-state index contributed by atoms with van der Waals surface area (Å²) in [6.07, 6.45) is 37.7. The first-order valence-electron chi connectivity index (χ1n) is 33.8. The summed E-state index contributed by atoms with van der Waals surface area (Å²) in [5, 5.41) is 10.5. The van der Waals surface area contributed by atoms with Gasteiger partial charge >= 0.3 is 39.5 Å². The quantitative estimate of drug-likeness (QED) is 0.0222. The second kappa shape index (κ2) is 56.3. The minimum Gasteiger partial charge on any atom is -0.462 e. The summed E-state index contributed by atoms with van der Waals surface area (Å²) >= 11 is 0. The van der Waals surface area contributed by atoms with E-state index >= 15 is 0 Å². The fourth-order valence-electron chi connectivity index (χ4n) is 9.66. The van der Waals surface area contributed by atoms with Gasteiger partial charge in [-0.25, -0.2) is 9.13 Å². The van der Waals surface area contributed by atoms with E-state index in [9.17, 15) is 43.2 Å². The van der Waals surface area contributed by atoms with Crippen molar-refractivity contribution in [2.75, 3.05) is 39.6 Å². The van der Waals surface area contributed by atoms with E-state index in [1.807, 2.05) is 0 Å². The first-order valence-corrected chi connectivity index (χ1v) is 36.8. The molecule has 2 unspecified atom stereocenters. The molecule has 0 bridgehead atoms. The Morgan fingerprint density at radius 1 is 0.321 bits per heavy atom. The lowest BCUT2D eigenvalue weighted by atomic mass is 10.0. The summed E-state index contributed by atoms with van der Waals surface area (Å²) in [5.41, 5.74) is 0. The molecule has 0 amide bonds. The van der Waals surface area contributed by atoms with E-state index in [0.717, 1.165) is 102 Å². The summed E-state index contributed by atoms with van der Waals surface area (Å²) in [5.74, 6) is 0.0504. The van der Waals surface area contributed by atoms with Crippen LogP contribution < -0.4 is 0 Å². The van der Waals surface area contributed by atoms with Crippen molar-refractivity contribution in [2.45, 2.75) is 336 Å². The van der Waals surface area contributed by atoms with Gasteiger partial charge in [0.1, 0.15) is 19.3 Å². The van der Waals surface area contributed by atoms with Crippen molar-refractivity contribution in [1.29, 1.82) is 0 Å². The predicted molar refractivity (Wildman–Crippen MR) is 335 cm³/mol. The highest BCUT2D eigenvalue weighted by Crippen LogP contribution is 2.45. The van der Waals surface area contributed by atoms with E-state index in [-0.39, 0.29) is 25.7 Å². The van der Waals surface area contributed by atoms with Crippen LogP contribution in [0.25, 0.3) is 0 Å². The summed E-state index contributed by atoms with van der Waals surface area (Å²) in [6, 6.07) is 0. The largest absolute Gasteiger partial charge is 0.472 e. The minimum absolute atomic E-state index is 0.103. The van der Waals surface area contributed by atoms with Gasteiger partial charge in [-0.15, -0.1) is 0 Å². The first-order chi connectivity index (χ1) is 40.2. The Morgan fingerprint density at radius 2 is 0.548 bits per heavy atom. The summed E-state index contributed by atoms with van der Waals surface area (Å²) in [4.78, 5) is 72.2. The van der Waals surface area contributed by atoms with Gasteiger partial charge in [-0.3, -0.25) is 37.3 Å². The number of aliphatic hydroxyl groups is 1. The molecule has 0 radical (unpaired) electrons. The number of aliphatic hydroxyl groups excluding tert-OH is 1. The van der Waals surface area contributed by atoms with Crippen molar-refractivity contribution in [1.82, 2.24) is 0 Å². The number of hydrogen-bond acceptors (Lipinski definition) is 15. The maximum Gasteiger partial charge on any atom is 0.472 e. The van der Waals surface area contributed by atoms with Crippen LogP contribution in [0, 0.1) is 17.8 Å². The summed E-state index contributed by atoms with van der Waals surface area (Å²) in [7, 11) is -9.89. The minimum atomic E-state index is -4.95. The third-order valence-corrected chi connectivity index (χ3v) is 16.8. The van der Waals surface area contributed by atoms with Crippen LogP contribution in [0.15, 0.2) is 0 Å². The molecular weight excluding hydrogens is 1110 g/mol. The van der Waals surface area contributed by atoms with Crippen molar-refractivity contribution in [3.63, 3.8) is 0 Å². The Hall–Kier alpha value is -1.94. The lowest BCUT2D eigenvalue weighted by Gasteiger charge is -2.21. The van der Waals surface area contributed by atoms with Gasteiger partial charge in [-0.2, -0.15) is 0 Å². The summed E-state index contributed by atoms with van der Waals surface area (Å²) < 4.78 is 68.0. The fourth-order valence-corrected chi connectivity index (χ4v) is 11.2. The molecule has 0 aliphatic carbocycles. The number of phosphoric acid groups is 2. The molecular formula is C65H126O17P2. The van der Waals surface area contributed by atoms with E-state index in [4.69, 9.17) is 37.0 Å². The highest BCUT2D eigenvalue weighted by Gasteiger charge is 2.30. The highest BCUT2D eigenvalue weighted by molar-refractivity contribution is 7.47. The second-order valence-electron chi connectivity index (χ2n) is 24.9. The first kappa shape index (κ1) is 82.1. The summed E-state index contributed by atoms with van der Waals surface area (Å²) in [6.45, 7) is 11.7. The second-order valence-corrected chi connectivity index (χ2v) is 27.8. The topological polar surface area (TPSA) is 237 Å². The Bertz CT molecular complexity index is 1660. The van der Waals surface area contributed by atoms with Crippen molar-refractivity contribution < 1.29 is 80.2 Å². The molecule has 17 nitrogen and oxygen atoms in total. The van der Waals surface area contributed by atoms with Gasteiger partial charge in [0.15, 0.2) is 12.2 Å². The van der Waals surface area contributed by atoms with Crippen LogP contribution in [-0.2, 0) is 65.4 Å². The standard InChI is InChI=1S/C65H126O17P2/c1-8-9-10-11-12-16-25-32-39-46-62(67)75-53-61(82-65(70)49-42-35-28-21-24-31-38-45-58(6)7)55-80-84(73,74)78-51-59(66)50-77-83(71,72)79-54-60(52-76-63(68)47-40-33-26-20-19-23-30-37-44-57(4)5)81-64(69)48-41-34-27-18-15-13-14-17-22-29-36-43-56(2)3/h56-61,66H,8-55H2,1-7H3,(H,71,72)(H,73,74)/t59-,60-,61-/m1/s1. The number of carbonyl (C=O) groups is 4. The maximum atomic E-state index is 13.0. The predicted octanol–water partition coefficient (Wildman–Crippen LogP) is 17.9. The molecule has 0 fully saturated rings. The van der Waals surface area contributed by atoms with Crippen LogP contribution in [0.2, 0.25) is 0 Å². The third kappa shape index (κ3) is 59.0. The molecule has 0 aromatic heterocycles. The molecule has 0 aromatic carbocycles. The van der Waals surface area contributed by atoms with Crippen LogP contribution in [0.5, 0.6) is 0 Å². The molecule has 0 rings (SSSR count). The molecule has 0 saturated carbocycles. The highest BCUT2D eigenvalue weighted by atomic mass is 31.2. The SMILES string of the molecule is CCCCCCCCCCCC(=O)OC[C@H](COP(=O)(O)OC[C@H](O)COP(=O)(O)OC[C@@H](COC(=O)CCCCCCCCCCC(C)C)OC(=O)CCCCCCCCCCCCCC(C)C)OC(=O)CCCCCCCCCC(C)C. The molecule has 5 atom stereocenters. The van der Waals surface area contributed by atoms with Crippen molar-refractivity contribution in [3.05, 3.63) is 0 Å². The molecule has 498 valence electrons. The van der Waals surface area contributed by atoms with Gasteiger partial charge < -0.3 is 33.8 Å². The molecule has 19 heteroatoms. The average Bonchev–Trinajstić information content (AvgIpc) is 3.57. The number of hydrogen-bond donors (Lipinski definition) is 3. The number of unbranched alkanes of at least 4 members (excludes halogenated alkanes) is 31. The van der Waals surface area contributed by atoms with Crippen molar-refractivity contribution in [3.8, 4) is 0 Å². The van der Waals surface area contributed by atoms with E-state index in [1.165, 1.54) is 128 Å². The van der Waals surface area contributed by atoms with Gasteiger partial charge in [-0.1, -0.05) is 267 Å². The van der Waals surface area contributed by atoms with E-state index in [1.54, 1.807) is 0 Å². The van der Waals surface area contributed by atoms with E-state index in [0.29, 0.717) is 31.6 Å². The zero-order valence-electron chi connectivity index (χ0n) is 54.4. The molecule has 0 aliphatic rings. The van der Waals surface area contributed by atoms with Crippen LogP contribution in [-0.4, -0.2) is 96.7 Å². The molecule has 84 heavy (non-hydrogen) atoms. The number of phosphoric ester groups is 2. The van der Waals surface area contributed by atoms with E-state index in [2.05, 4.69) is 48.5 Å². The third-order valence-electron chi connectivity index (χ3n) is 14.9. The lowest BCUT2D eigenvalue weighted by molar-refractivity contribution is -0.161. The Morgan fingerprint density at radius 3 is 0.810 bits per heavy atom. The van der Waals surface area contributed by atoms with Gasteiger partial charge in [0.2, 0.25) is 0 Å². The zero-order valence-corrected chi connectivity index (χ0v) is 56.1. The van der Waals surface area contributed by atoms with Crippen molar-refractivity contribution >= 4 is 39.5 Å². The smallest absolute Gasteiger partial charge is 0.462 e. The molecule has 0 aromatic rings. The Kier molecular flexibility index (Phi) is 55.0. The van der Waals surface area contributed by atoms with Gasteiger partial charge in [0.25, 0.3) is 0 Å². The van der Waals surface area contributed by atoms with Crippen LogP contribution >= 0.6 is 15.6 Å². The van der Waals surface area contributed by atoms with E-state index < -0.39 is 97.5 Å². The van der Waals surface area contributed by atoms with Crippen LogP contribution in [0.1, 0.15) is 318 Å². The maximum absolute atomic E-state index is 13.0. The zero-order chi connectivity index (χ0) is 62.4. The van der Waals surface area contributed by atoms with Crippen LogP contribution in [0.3, 0.4) is 0 Å². The number of carbonyl (C=O) groups excluding carboxylic acids is 4. The van der Waals surface area contributed by atoms with Gasteiger partial charge in [0, 0.05) is 25.7 Å². The molecule has 0 saturated heterocycles. The Labute approximate surface area is 511 Å². The molecule has 3 N–H and O–H groups in total. The van der Waals surface area contributed by atoms with Crippen molar-refractivity contribution in [2.24, 2.45) is 17.8 Å². The Balaban J connectivity index is 5.24. The molecule has 0 aliphatic heterocycles. The number of esters is 4. The van der Waals surface area contributed by atoms with Crippen LogP contribution in [0.4, 0.5) is 0 Å². The monoisotopic (exact) mass is 1240 g/mol. The van der Waals surface area contributed by atoms with Gasteiger partial charge in [-0.05, 0) is 43.4 Å². The lowest BCUT2D eigenvalue weighted by Crippen LogP contribution is -2.30. The number of rotatable bonds is 63. The average molecular weight is 1240 g/mol. The molecule has 0 heterocycles. The normalized spacial score (nSPS) is 14.3. The molecule has 0 spiro atoms. The number of ether oxygens (including phenoxy) is 4. The van der Waals surface area contributed by atoms with Gasteiger partial charge in [0.05, 0.1) is 26.4 Å². The fraction of sp³-hybridized carbons (Fsp3) is 0.938.